The van der Waals surface area contributed by atoms with Gasteiger partial charge in [0.1, 0.15) is 0 Å². The molecule has 1 aliphatic rings. The standard InChI is InChI=1S/C11H13FO4/c1-6(4-13)9-10(12)7(14-2)3-8-11(9)16-5-15-8/h3,6,13H,4-5H2,1-2H3. The van der Waals surface area contributed by atoms with Crippen LogP contribution in [0.15, 0.2) is 6.07 Å². The van der Waals surface area contributed by atoms with E-state index in [0.29, 0.717) is 17.1 Å². The van der Waals surface area contributed by atoms with Gasteiger partial charge in [-0.05, 0) is 0 Å². The molecule has 1 atom stereocenters. The minimum Gasteiger partial charge on any atom is -0.494 e. The molecule has 0 spiro atoms. The molecule has 1 heterocycles. The Labute approximate surface area is 92.6 Å². The van der Waals surface area contributed by atoms with E-state index in [9.17, 15) is 4.39 Å². The molecule has 0 amide bonds. The number of aliphatic hydroxyl groups excluding tert-OH is 1. The van der Waals surface area contributed by atoms with Crippen molar-refractivity contribution in [1.29, 1.82) is 0 Å². The van der Waals surface area contributed by atoms with Gasteiger partial charge in [0.05, 0.1) is 7.11 Å². The molecular formula is C11H13FO4. The summed E-state index contributed by atoms with van der Waals surface area (Å²) >= 11 is 0. The van der Waals surface area contributed by atoms with Crippen molar-refractivity contribution in [2.24, 2.45) is 0 Å². The molecule has 1 aromatic rings. The Morgan fingerprint density at radius 1 is 1.56 bits per heavy atom. The smallest absolute Gasteiger partial charge is 0.231 e. The first-order chi connectivity index (χ1) is 7.69. The molecule has 0 aromatic heterocycles. The zero-order valence-corrected chi connectivity index (χ0v) is 9.12. The first-order valence-electron chi connectivity index (χ1n) is 4.95. The van der Waals surface area contributed by atoms with Gasteiger partial charge in [0, 0.05) is 24.2 Å². The van der Waals surface area contributed by atoms with Gasteiger partial charge in [0.25, 0.3) is 0 Å². The quantitative estimate of drug-likeness (QED) is 0.854. The third kappa shape index (κ3) is 1.57. The predicted molar refractivity (Wildman–Crippen MR) is 54.6 cm³/mol. The van der Waals surface area contributed by atoms with Crippen LogP contribution in [0, 0.1) is 5.82 Å². The minimum atomic E-state index is -0.506. The molecule has 0 fully saturated rings. The number of hydrogen-bond donors (Lipinski definition) is 1. The molecule has 5 heteroatoms. The van der Waals surface area contributed by atoms with Gasteiger partial charge in [-0.3, -0.25) is 0 Å². The Kier molecular flexibility index (Phi) is 2.87. The van der Waals surface area contributed by atoms with Gasteiger partial charge in [0.15, 0.2) is 23.1 Å². The summed E-state index contributed by atoms with van der Waals surface area (Å²) in [5.74, 6) is 0.0341. The lowest BCUT2D eigenvalue weighted by Crippen LogP contribution is -2.05. The van der Waals surface area contributed by atoms with E-state index in [1.165, 1.54) is 13.2 Å². The largest absolute Gasteiger partial charge is 0.494 e. The molecule has 1 aliphatic heterocycles. The van der Waals surface area contributed by atoms with Crippen LogP contribution in [0.2, 0.25) is 0 Å². The summed E-state index contributed by atoms with van der Waals surface area (Å²) in [6, 6.07) is 1.45. The number of halogens is 1. The number of rotatable bonds is 3. The Balaban J connectivity index is 2.59. The highest BCUT2D eigenvalue weighted by atomic mass is 19.1. The number of hydrogen-bond acceptors (Lipinski definition) is 4. The molecule has 0 bridgehead atoms. The van der Waals surface area contributed by atoms with Crippen LogP contribution in [0.3, 0.4) is 0 Å². The lowest BCUT2D eigenvalue weighted by molar-refractivity contribution is 0.172. The van der Waals surface area contributed by atoms with E-state index in [0.717, 1.165) is 0 Å². The molecule has 2 rings (SSSR count). The highest BCUT2D eigenvalue weighted by molar-refractivity contribution is 5.55. The van der Waals surface area contributed by atoms with Gasteiger partial charge in [-0.25, -0.2) is 4.39 Å². The van der Waals surface area contributed by atoms with E-state index in [4.69, 9.17) is 19.3 Å². The normalized spacial score (nSPS) is 15.0. The Hall–Kier alpha value is -1.49. The van der Waals surface area contributed by atoms with Crippen LogP contribution in [0.5, 0.6) is 17.2 Å². The van der Waals surface area contributed by atoms with Crippen LogP contribution in [0.4, 0.5) is 4.39 Å². The lowest BCUT2D eigenvalue weighted by atomic mass is 9.99. The molecule has 88 valence electrons. The second-order valence-corrected chi connectivity index (χ2v) is 3.62. The van der Waals surface area contributed by atoms with Gasteiger partial charge in [-0.2, -0.15) is 0 Å². The average Bonchev–Trinajstić information content (AvgIpc) is 2.74. The number of methoxy groups -OCH3 is 1. The summed E-state index contributed by atoms with van der Waals surface area (Å²) in [4.78, 5) is 0. The summed E-state index contributed by atoms with van der Waals surface area (Å²) in [5.41, 5.74) is 0.300. The van der Waals surface area contributed by atoms with Crippen molar-refractivity contribution in [3.8, 4) is 17.2 Å². The first kappa shape index (κ1) is 11.0. The zero-order valence-electron chi connectivity index (χ0n) is 9.12. The van der Waals surface area contributed by atoms with Crippen LogP contribution in [-0.2, 0) is 0 Å². The van der Waals surface area contributed by atoms with Crippen molar-refractivity contribution in [1.82, 2.24) is 0 Å². The SMILES string of the molecule is COc1cc2c(c(C(C)CO)c1F)OCO2. The van der Waals surface area contributed by atoms with E-state index in [-0.39, 0.29) is 25.1 Å². The third-order valence-electron chi connectivity index (χ3n) is 2.59. The fourth-order valence-corrected chi connectivity index (χ4v) is 1.70. The van der Waals surface area contributed by atoms with Gasteiger partial charge < -0.3 is 19.3 Å². The minimum absolute atomic E-state index is 0.0626. The topological polar surface area (TPSA) is 47.9 Å². The van der Waals surface area contributed by atoms with Crippen LogP contribution in [0.25, 0.3) is 0 Å². The van der Waals surface area contributed by atoms with E-state index < -0.39 is 5.82 Å². The van der Waals surface area contributed by atoms with E-state index >= 15 is 0 Å². The van der Waals surface area contributed by atoms with Crippen LogP contribution >= 0.6 is 0 Å². The number of aliphatic hydroxyl groups is 1. The molecule has 0 saturated heterocycles. The first-order valence-corrected chi connectivity index (χ1v) is 4.95. The number of ether oxygens (including phenoxy) is 3. The Bertz CT molecular complexity index is 405. The van der Waals surface area contributed by atoms with Crippen molar-refractivity contribution >= 4 is 0 Å². The van der Waals surface area contributed by atoms with E-state index in [1.807, 2.05) is 0 Å². The fraction of sp³-hybridized carbons (Fsp3) is 0.455. The van der Waals surface area contributed by atoms with Gasteiger partial charge >= 0.3 is 0 Å². The maximum atomic E-state index is 14.0. The zero-order chi connectivity index (χ0) is 11.7. The molecule has 4 nitrogen and oxygen atoms in total. The molecule has 0 saturated carbocycles. The monoisotopic (exact) mass is 228 g/mol. The van der Waals surface area contributed by atoms with Crippen molar-refractivity contribution in [2.45, 2.75) is 12.8 Å². The number of fused-ring (bicyclic) bond motifs is 1. The maximum Gasteiger partial charge on any atom is 0.231 e. The second kappa shape index (κ2) is 4.17. The van der Waals surface area contributed by atoms with Crippen molar-refractivity contribution in [2.75, 3.05) is 20.5 Å². The second-order valence-electron chi connectivity index (χ2n) is 3.62. The third-order valence-corrected chi connectivity index (χ3v) is 2.59. The average molecular weight is 228 g/mol. The van der Waals surface area contributed by atoms with E-state index in [1.54, 1.807) is 6.92 Å². The summed E-state index contributed by atoms with van der Waals surface area (Å²) < 4.78 is 29.3. The van der Waals surface area contributed by atoms with Gasteiger partial charge in [-0.1, -0.05) is 6.92 Å². The summed E-state index contributed by atoms with van der Waals surface area (Å²) in [5, 5.41) is 9.10. The Morgan fingerprint density at radius 2 is 2.31 bits per heavy atom. The van der Waals surface area contributed by atoms with Gasteiger partial charge in [0.2, 0.25) is 6.79 Å². The maximum absolute atomic E-state index is 14.0. The van der Waals surface area contributed by atoms with Crippen molar-refractivity contribution < 1.29 is 23.7 Å². The molecule has 1 N–H and O–H groups in total. The Morgan fingerprint density at radius 3 is 2.94 bits per heavy atom. The van der Waals surface area contributed by atoms with Crippen LogP contribution in [0.1, 0.15) is 18.4 Å². The predicted octanol–water partition coefficient (Wildman–Crippen LogP) is 1.66. The molecule has 16 heavy (non-hydrogen) atoms. The molecule has 1 aromatic carbocycles. The summed E-state index contributed by atoms with van der Waals surface area (Å²) in [7, 11) is 1.38. The number of benzene rings is 1. The highest BCUT2D eigenvalue weighted by Crippen LogP contribution is 2.44. The van der Waals surface area contributed by atoms with Crippen LogP contribution in [-0.4, -0.2) is 25.6 Å². The van der Waals surface area contributed by atoms with Crippen LogP contribution < -0.4 is 14.2 Å². The molecule has 1 unspecified atom stereocenters. The molecular weight excluding hydrogens is 215 g/mol. The fourth-order valence-electron chi connectivity index (χ4n) is 1.70. The van der Waals surface area contributed by atoms with Gasteiger partial charge in [-0.15, -0.1) is 0 Å². The molecule has 0 radical (unpaired) electrons. The summed E-state index contributed by atoms with van der Waals surface area (Å²) in [6.45, 7) is 1.60. The van der Waals surface area contributed by atoms with Crippen molar-refractivity contribution in [3.05, 3.63) is 17.4 Å². The lowest BCUT2D eigenvalue weighted by Gasteiger charge is -2.14. The summed E-state index contributed by atoms with van der Waals surface area (Å²) in [6.07, 6.45) is 0. The van der Waals surface area contributed by atoms with Crippen molar-refractivity contribution in [3.63, 3.8) is 0 Å². The molecule has 0 aliphatic carbocycles. The van der Waals surface area contributed by atoms with E-state index in [2.05, 4.69) is 0 Å². The highest BCUT2D eigenvalue weighted by Gasteiger charge is 2.28.